The smallest absolute Gasteiger partial charge is 0.195 e. The number of allylic oxidation sites excluding steroid dienone is 5. The molecule has 1 aromatic rings. The quantitative estimate of drug-likeness (QED) is 0.486. The van der Waals surface area contributed by atoms with Gasteiger partial charge < -0.3 is 9.84 Å². The molecule has 2 atom stereocenters. The van der Waals surface area contributed by atoms with Crippen LogP contribution in [0.25, 0.3) is 11.3 Å². The predicted octanol–water partition coefficient (Wildman–Crippen LogP) is 4.14. The molecule has 0 spiro atoms. The average molecular weight is 458 g/mol. The molecule has 32 heavy (non-hydrogen) atoms. The van der Waals surface area contributed by atoms with E-state index >= 15 is 0 Å². The van der Waals surface area contributed by atoms with Crippen LogP contribution in [0.5, 0.6) is 0 Å². The van der Waals surface area contributed by atoms with Gasteiger partial charge in [-0.3, -0.25) is 9.47 Å². The zero-order valence-corrected chi connectivity index (χ0v) is 19.7. The summed E-state index contributed by atoms with van der Waals surface area (Å²) in [6.07, 6.45) is 11.6. The molecule has 172 valence electrons. The first-order valence-corrected chi connectivity index (χ1v) is 12.4. The average Bonchev–Trinajstić information content (AvgIpc) is 3.23. The molecule has 1 N–H and O–H groups in total. The number of aromatic nitrogens is 3. The van der Waals surface area contributed by atoms with Crippen LogP contribution in [0.2, 0.25) is 0 Å². The van der Waals surface area contributed by atoms with Gasteiger partial charge in [0.15, 0.2) is 11.0 Å². The molecular formula is C23H31N5O3S. The van der Waals surface area contributed by atoms with Crippen LogP contribution < -0.4 is 0 Å². The molecule has 0 amide bonds. The molecule has 1 fully saturated rings. The van der Waals surface area contributed by atoms with Crippen LogP contribution in [-0.4, -0.2) is 69.9 Å². The Labute approximate surface area is 193 Å². The maximum absolute atomic E-state index is 11.6. The van der Waals surface area contributed by atoms with Crippen molar-refractivity contribution in [3.05, 3.63) is 46.4 Å². The molecule has 2 aliphatic carbocycles. The monoisotopic (exact) mass is 457 g/mol. The number of ether oxygens (including phenoxy) is 1. The zero-order chi connectivity index (χ0) is 22.7. The van der Waals surface area contributed by atoms with Crippen LogP contribution in [0.15, 0.2) is 46.0 Å². The van der Waals surface area contributed by atoms with Gasteiger partial charge in [0, 0.05) is 37.3 Å². The molecule has 0 aromatic carbocycles. The van der Waals surface area contributed by atoms with E-state index in [0.29, 0.717) is 17.3 Å². The minimum Gasteiger partial charge on any atom is -0.512 e. The largest absolute Gasteiger partial charge is 0.512 e. The van der Waals surface area contributed by atoms with Gasteiger partial charge in [0.1, 0.15) is 6.04 Å². The normalized spacial score (nSPS) is 24.6. The Morgan fingerprint density at radius 3 is 2.72 bits per heavy atom. The third-order valence-electron chi connectivity index (χ3n) is 6.24. The molecule has 8 nitrogen and oxygen atoms in total. The summed E-state index contributed by atoms with van der Waals surface area (Å²) in [7, 11) is 0. The number of nitroso groups, excluding NO2 is 1. The third-order valence-corrected chi connectivity index (χ3v) is 6.87. The molecule has 9 heteroatoms. The number of aliphatic hydroxyl groups excluding tert-OH is 1. The van der Waals surface area contributed by atoms with Crippen LogP contribution in [-0.2, 0) is 4.74 Å². The van der Waals surface area contributed by atoms with Crippen molar-refractivity contribution < 1.29 is 9.84 Å². The van der Waals surface area contributed by atoms with Gasteiger partial charge in [0.2, 0.25) is 0 Å². The second kappa shape index (κ2) is 10.1. The Morgan fingerprint density at radius 1 is 1.31 bits per heavy atom. The van der Waals surface area contributed by atoms with E-state index in [-0.39, 0.29) is 18.1 Å². The van der Waals surface area contributed by atoms with Crippen molar-refractivity contribution in [1.29, 1.82) is 0 Å². The lowest BCUT2D eigenvalue weighted by Crippen LogP contribution is -2.39. The van der Waals surface area contributed by atoms with Crippen molar-refractivity contribution in [3.8, 4) is 0 Å². The summed E-state index contributed by atoms with van der Waals surface area (Å²) in [6.45, 7) is 8.66. The van der Waals surface area contributed by atoms with Crippen LogP contribution in [0.1, 0.15) is 32.5 Å². The summed E-state index contributed by atoms with van der Waals surface area (Å²) < 4.78 is 7.46. The Hall–Kier alpha value is -2.23. The second-order valence-corrected chi connectivity index (χ2v) is 9.50. The molecule has 4 rings (SSSR count). The van der Waals surface area contributed by atoms with Gasteiger partial charge in [-0.15, -0.1) is 10.2 Å². The Morgan fingerprint density at radius 2 is 2.09 bits per heavy atom. The fraction of sp³-hybridized carbons (Fsp3) is 0.565. The lowest BCUT2D eigenvalue weighted by Gasteiger charge is -2.30. The molecule has 2 unspecified atom stereocenters. The van der Waals surface area contributed by atoms with Gasteiger partial charge in [-0.1, -0.05) is 42.9 Å². The summed E-state index contributed by atoms with van der Waals surface area (Å²) in [5, 5.41) is 23.3. The van der Waals surface area contributed by atoms with E-state index in [9.17, 15) is 10.0 Å². The van der Waals surface area contributed by atoms with Gasteiger partial charge in [-0.05, 0) is 42.2 Å². The van der Waals surface area contributed by atoms with Gasteiger partial charge in [-0.25, -0.2) is 0 Å². The molecule has 0 saturated carbocycles. The van der Waals surface area contributed by atoms with Crippen molar-refractivity contribution in [1.82, 2.24) is 19.7 Å². The lowest BCUT2D eigenvalue weighted by molar-refractivity contribution is 0.0335. The lowest BCUT2D eigenvalue weighted by atomic mass is 9.88. The van der Waals surface area contributed by atoms with Gasteiger partial charge in [0.05, 0.1) is 19.0 Å². The summed E-state index contributed by atoms with van der Waals surface area (Å²) in [6, 6.07) is -0.683. The van der Waals surface area contributed by atoms with Gasteiger partial charge >= 0.3 is 0 Å². The molecular weight excluding hydrogens is 426 g/mol. The van der Waals surface area contributed by atoms with Gasteiger partial charge in [0.25, 0.3) is 0 Å². The second-order valence-electron chi connectivity index (χ2n) is 8.72. The number of aliphatic hydroxyl groups is 1. The molecule has 3 aliphatic rings. The first-order chi connectivity index (χ1) is 15.5. The molecule has 2 heterocycles. The highest BCUT2D eigenvalue weighted by Crippen LogP contribution is 2.36. The highest BCUT2D eigenvalue weighted by atomic mass is 32.2. The minimum atomic E-state index is -0.683. The fourth-order valence-electron chi connectivity index (χ4n) is 4.46. The summed E-state index contributed by atoms with van der Waals surface area (Å²) in [4.78, 5) is 14.1. The number of nitrogens with zero attached hydrogens (tertiary/aromatic N) is 5. The minimum absolute atomic E-state index is 0.128. The molecule has 1 aliphatic heterocycles. The topological polar surface area (TPSA) is 92.8 Å². The summed E-state index contributed by atoms with van der Waals surface area (Å²) >= 11 is 1.51. The Balaban J connectivity index is 1.62. The van der Waals surface area contributed by atoms with Crippen LogP contribution in [0, 0.1) is 16.7 Å². The zero-order valence-electron chi connectivity index (χ0n) is 18.9. The van der Waals surface area contributed by atoms with E-state index in [1.807, 2.05) is 30.7 Å². The highest BCUT2D eigenvalue weighted by molar-refractivity contribution is 7.98. The molecule has 1 saturated heterocycles. The predicted molar refractivity (Wildman–Crippen MR) is 127 cm³/mol. The van der Waals surface area contributed by atoms with E-state index in [1.54, 1.807) is 0 Å². The van der Waals surface area contributed by atoms with Gasteiger partial charge in [-0.2, -0.15) is 4.91 Å². The first-order valence-electron chi connectivity index (χ1n) is 11.2. The van der Waals surface area contributed by atoms with E-state index in [4.69, 9.17) is 4.74 Å². The van der Waals surface area contributed by atoms with E-state index in [2.05, 4.69) is 38.5 Å². The molecule has 1 aromatic heterocycles. The van der Waals surface area contributed by atoms with Crippen molar-refractivity contribution in [2.45, 2.75) is 37.9 Å². The number of hydrogen-bond acceptors (Lipinski definition) is 8. The van der Waals surface area contributed by atoms with Crippen LogP contribution >= 0.6 is 11.8 Å². The maximum atomic E-state index is 11.6. The SMILES string of the molecule is CSc1nnc(C2=CC(C(C)C)=C(O)CC2N=O)n1C1=CCC(CN2CCOCC2)C=C1. The molecule has 0 radical (unpaired) electrons. The van der Waals surface area contributed by atoms with E-state index in [1.165, 1.54) is 11.8 Å². The molecule has 0 bridgehead atoms. The Kier molecular flexibility index (Phi) is 7.27. The van der Waals surface area contributed by atoms with Crippen molar-refractivity contribution in [2.24, 2.45) is 17.0 Å². The number of morpholine rings is 1. The highest BCUT2D eigenvalue weighted by Gasteiger charge is 2.31. The van der Waals surface area contributed by atoms with E-state index < -0.39 is 6.04 Å². The van der Waals surface area contributed by atoms with Crippen molar-refractivity contribution >= 4 is 23.0 Å². The maximum Gasteiger partial charge on any atom is 0.195 e. The standard InChI is InChI=1S/C23H31N5O3S/c1-15(2)18-12-19(20(26-30)13-21(18)29)22-24-25-23(32-3)28(22)17-6-4-16(5-7-17)14-27-8-10-31-11-9-27/h4,6-7,12,15-16,20,29H,5,8-11,13-14H2,1-3H3. The summed E-state index contributed by atoms with van der Waals surface area (Å²) in [5.41, 5.74) is 2.53. The number of rotatable bonds is 7. The number of thioether (sulfide) groups is 1. The van der Waals surface area contributed by atoms with Crippen molar-refractivity contribution in [2.75, 3.05) is 39.1 Å². The third kappa shape index (κ3) is 4.74. The van der Waals surface area contributed by atoms with E-state index in [0.717, 1.165) is 55.7 Å². The first kappa shape index (κ1) is 22.9. The van der Waals surface area contributed by atoms with Crippen LogP contribution in [0.3, 0.4) is 0 Å². The van der Waals surface area contributed by atoms with Crippen molar-refractivity contribution in [3.63, 3.8) is 0 Å². The summed E-state index contributed by atoms with van der Waals surface area (Å²) in [5.74, 6) is 1.43. The number of hydrogen-bond donors (Lipinski definition) is 1. The van der Waals surface area contributed by atoms with Crippen LogP contribution in [0.4, 0.5) is 0 Å². The fourth-order valence-corrected chi connectivity index (χ4v) is 4.95. The Bertz CT molecular complexity index is 972.